The molecule has 1 saturated heterocycles. The third kappa shape index (κ3) is 3.75. The van der Waals surface area contributed by atoms with Crippen LogP contribution in [0.2, 0.25) is 0 Å². The van der Waals surface area contributed by atoms with E-state index in [2.05, 4.69) is 6.92 Å². The van der Waals surface area contributed by atoms with Gasteiger partial charge in [-0.3, -0.25) is 14.4 Å². The molecule has 6 heteroatoms. The highest BCUT2D eigenvalue weighted by atomic mass is 16.5. The maximum atomic E-state index is 13.4. The Labute approximate surface area is 201 Å². The molecule has 2 aliphatic carbocycles. The Morgan fingerprint density at radius 1 is 1.21 bits per heavy atom. The number of carbonyl (C=O) groups excluding carboxylic acids is 3. The highest BCUT2D eigenvalue weighted by Crippen LogP contribution is 2.57. The van der Waals surface area contributed by atoms with E-state index in [-0.39, 0.29) is 51.9 Å². The van der Waals surface area contributed by atoms with Crippen LogP contribution in [0.5, 0.6) is 0 Å². The van der Waals surface area contributed by atoms with Crippen molar-refractivity contribution in [1.29, 1.82) is 0 Å². The summed E-state index contributed by atoms with van der Waals surface area (Å²) in [5, 5.41) is 10.5. The van der Waals surface area contributed by atoms with Crippen LogP contribution in [-0.2, 0) is 23.9 Å². The summed E-state index contributed by atoms with van der Waals surface area (Å²) < 4.78 is 12.8. The van der Waals surface area contributed by atoms with Gasteiger partial charge in [0.25, 0.3) is 0 Å². The molecule has 5 atom stereocenters. The number of carbonyl (C=O) groups is 3. The molecule has 0 aromatic rings. The number of fused-ring (bicyclic) bond motifs is 3. The molecule has 0 aromatic heterocycles. The number of ketones is 3. The number of allylic oxidation sites excluding steroid dienone is 6. The van der Waals surface area contributed by atoms with Crippen molar-refractivity contribution in [2.45, 2.75) is 97.6 Å². The molecule has 2 aliphatic heterocycles. The topological polar surface area (TPSA) is 89.9 Å². The second kappa shape index (κ2) is 8.13. The van der Waals surface area contributed by atoms with E-state index in [4.69, 9.17) is 9.47 Å². The average molecular weight is 469 g/mol. The van der Waals surface area contributed by atoms with E-state index >= 15 is 0 Å². The van der Waals surface area contributed by atoms with Crippen LogP contribution in [0.25, 0.3) is 0 Å². The normalized spacial score (nSPS) is 34.9. The van der Waals surface area contributed by atoms with Crippen molar-refractivity contribution in [3.8, 4) is 0 Å². The van der Waals surface area contributed by atoms with Gasteiger partial charge in [0.05, 0.1) is 23.4 Å². The first-order valence-electron chi connectivity index (χ1n) is 12.2. The van der Waals surface area contributed by atoms with Crippen molar-refractivity contribution in [2.24, 2.45) is 11.3 Å². The van der Waals surface area contributed by atoms with Crippen LogP contribution in [0.4, 0.5) is 0 Å². The highest BCUT2D eigenvalue weighted by molar-refractivity contribution is 6.25. The smallest absolute Gasteiger partial charge is 0.225 e. The van der Waals surface area contributed by atoms with Crippen molar-refractivity contribution < 1.29 is 29.0 Å². The Hall–Kier alpha value is -2.31. The van der Waals surface area contributed by atoms with Crippen LogP contribution in [0.1, 0.15) is 74.1 Å². The van der Waals surface area contributed by atoms with Crippen molar-refractivity contribution in [1.82, 2.24) is 0 Å². The number of hydrogen-bond donors (Lipinski definition) is 1. The molecular formula is C28H36O6. The van der Waals surface area contributed by atoms with Crippen LogP contribution >= 0.6 is 0 Å². The minimum atomic E-state index is -0.929. The van der Waals surface area contributed by atoms with Gasteiger partial charge < -0.3 is 14.6 Å². The summed E-state index contributed by atoms with van der Waals surface area (Å²) in [6.45, 7) is 12.8. The van der Waals surface area contributed by atoms with Gasteiger partial charge in [0.2, 0.25) is 5.78 Å². The SMILES string of the molecule is CC=C(C)C(=O)[C@@H](C)C1=CC(=O)C2=C(O[C@]3(C)CC[C@H]4O[C@@H](C(C)(C)O)CC[C@]4(C)C3=C2)C1=O. The third-order valence-corrected chi connectivity index (χ3v) is 8.38. The molecule has 2 heterocycles. The molecule has 184 valence electrons. The molecule has 0 aromatic carbocycles. The van der Waals surface area contributed by atoms with Crippen LogP contribution in [0, 0.1) is 11.3 Å². The predicted molar refractivity (Wildman–Crippen MR) is 128 cm³/mol. The summed E-state index contributed by atoms with van der Waals surface area (Å²) in [6.07, 6.45) is 7.33. The lowest BCUT2D eigenvalue weighted by atomic mass is 9.58. The molecular weight excluding hydrogens is 432 g/mol. The van der Waals surface area contributed by atoms with Gasteiger partial charge in [-0.15, -0.1) is 0 Å². The minimum absolute atomic E-state index is 0.0553. The van der Waals surface area contributed by atoms with Crippen molar-refractivity contribution in [3.63, 3.8) is 0 Å². The van der Waals surface area contributed by atoms with E-state index in [0.29, 0.717) is 18.4 Å². The minimum Gasteiger partial charge on any atom is -0.478 e. The van der Waals surface area contributed by atoms with Gasteiger partial charge >= 0.3 is 0 Å². The largest absolute Gasteiger partial charge is 0.478 e. The lowest BCUT2D eigenvalue weighted by Crippen LogP contribution is -2.58. The summed E-state index contributed by atoms with van der Waals surface area (Å²) >= 11 is 0. The molecule has 0 radical (unpaired) electrons. The standard InChI is InChI=1S/C28H36O6/c1-8-15(2)23(30)16(3)17-13-19(29)18-14-20-27(6)11-9-21(26(4,5)32)33-22(27)10-12-28(20,7)34-25(18)24(17)31/h8,13-14,16,21-22,32H,9-12H2,1-7H3/t16-,21+,22+,27+,28+/m0/s1. The first-order valence-corrected chi connectivity index (χ1v) is 12.2. The van der Waals surface area contributed by atoms with E-state index in [1.165, 1.54) is 6.08 Å². The Morgan fingerprint density at radius 2 is 1.88 bits per heavy atom. The zero-order chi connectivity index (χ0) is 25.2. The van der Waals surface area contributed by atoms with Crippen LogP contribution in [0.3, 0.4) is 0 Å². The van der Waals surface area contributed by atoms with Crippen molar-refractivity contribution in [2.75, 3.05) is 0 Å². The van der Waals surface area contributed by atoms with E-state index in [9.17, 15) is 19.5 Å². The van der Waals surface area contributed by atoms with Gasteiger partial charge in [0, 0.05) is 16.9 Å². The Bertz CT molecular complexity index is 1080. The van der Waals surface area contributed by atoms with Gasteiger partial charge in [0.1, 0.15) is 5.60 Å². The molecule has 1 N–H and O–H groups in total. The molecule has 0 unspecified atom stereocenters. The zero-order valence-corrected chi connectivity index (χ0v) is 21.3. The summed E-state index contributed by atoms with van der Waals surface area (Å²) in [7, 11) is 0. The fourth-order valence-corrected chi connectivity index (χ4v) is 6.00. The molecule has 6 nitrogen and oxygen atoms in total. The average Bonchev–Trinajstić information content (AvgIpc) is 2.77. The molecule has 34 heavy (non-hydrogen) atoms. The molecule has 0 spiro atoms. The fraction of sp³-hybridized carbons (Fsp3) is 0.607. The van der Waals surface area contributed by atoms with Gasteiger partial charge in [-0.25, -0.2) is 0 Å². The highest BCUT2D eigenvalue weighted by Gasteiger charge is 2.57. The summed E-state index contributed by atoms with van der Waals surface area (Å²) in [4.78, 5) is 39.3. The second-order valence-electron chi connectivity index (χ2n) is 11.2. The van der Waals surface area contributed by atoms with Crippen LogP contribution in [-0.4, -0.2) is 45.9 Å². The van der Waals surface area contributed by atoms with Gasteiger partial charge in [-0.05, 0) is 83.6 Å². The summed E-state index contributed by atoms with van der Waals surface area (Å²) in [6, 6.07) is 0. The lowest BCUT2D eigenvalue weighted by molar-refractivity contribution is -0.196. The monoisotopic (exact) mass is 468 g/mol. The van der Waals surface area contributed by atoms with Crippen molar-refractivity contribution >= 4 is 17.3 Å². The Kier molecular flexibility index (Phi) is 5.93. The first kappa shape index (κ1) is 24.8. The zero-order valence-electron chi connectivity index (χ0n) is 21.3. The first-order chi connectivity index (χ1) is 15.7. The number of Topliss-reactive ketones (excluding diaryl/α,β-unsaturated/α-hetero) is 2. The predicted octanol–water partition coefficient (Wildman–Crippen LogP) is 4.32. The maximum Gasteiger partial charge on any atom is 0.225 e. The van der Waals surface area contributed by atoms with E-state index < -0.39 is 17.1 Å². The lowest BCUT2D eigenvalue weighted by Gasteiger charge is -2.57. The molecule has 1 saturated carbocycles. The number of rotatable bonds is 4. The molecule has 2 fully saturated rings. The Morgan fingerprint density at radius 3 is 2.50 bits per heavy atom. The van der Waals surface area contributed by atoms with Crippen LogP contribution in [0.15, 0.2) is 46.3 Å². The van der Waals surface area contributed by atoms with Gasteiger partial charge in [-0.2, -0.15) is 0 Å². The summed E-state index contributed by atoms with van der Waals surface area (Å²) in [5.74, 6) is -1.54. The number of hydrogen-bond acceptors (Lipinski definition) is 6. The Balaban J connectivity index is 1.70. The van der Waals surface area contributed by atoms with Crippen LogP contribution < -0.4 is 0 Å². The van der Waals surface area contributed by atoms with Crippen molar-refractivity contribution in [3.05, 3.63) is 46.3 Å². The number of aliphatic hydroxyl groups is 1. The number of ether oxygens (including phenoxy) is 2. The second-order valence-corrected chi connectivity index (χ2v) is 11.2. The van der Waals surface area contributed by atoms with E-state index in [1.807, 2.05) is 13.0 Å². The quantitative estimate of drug-likeness (QED) is 0.488. The molecule has 4 aliphatic rings. The van der Waals surface area contributed by atoms with Gasteiger partial charge in [0.15, 0.2) is 17.3 Å². The summed E-state index contributed by atoms with van der Waals surface area (Å²) in [5.41, 5.74) is -0.0652. The molecule has 4 rings (SSSR count). The van der Waals surface area contributed by atoms with E-state index in [0.717, 1.165) is 18.4 Å². The fourth-order valence-electron chi connectivity index (χ4n) is 6.00. The molecule has 0 bridgehead atoms. The molecule has 0 amide bonds. The van der Waals surface area contributed by atoms with E-state index in [1.54, 1.807) is 40.7 Å². The third-order valence-electron chi connectivity index (χ3n) is 8.38. The maximum absolute atomic E-state index is 13.4. The van der Waals surface area contributed by atoms with Gasteiger partial charge in [-0.1, -0.05) is 19.9 Å².